The van der Waals surface area contributed by atoms with Gasteiger partial charge in [-0.1, -0.05) is 40.2 Å². The quantitative estimate of drug-likeness (QED) is 0.490. The first-order chi connectivity index (χ1) is 13.0. The van der Waals surface area contributed by atoms with Gasteiger partial charge in [0.1, 0.15) is 0 Å². The Bertz CT molecular complexity index is 1040. The second-order valence-corrected chi connectivity index (χ2v) is 7.24. The van der Waals surface area contributed by atoms with Crippen molar-refractivity contribution in [1.29, 1.82) is 0 Å². The number of aromatic nitrogens is 3. The number of thioether (sulfide) groups is 1. The van der Waals surface area contributed by atoms with Gasteiger partial charge in [-0.15, -0.1) is 0 Å². The summed E-state index contributed by atoms with van der Waals surface area (Å²) in [5.74, 6) is -0.527. The molecule has 27 heavy (non-hydrogen) atoms. The van der Waals surface area contributed by atoms with Gasteiger partial charge in [-0.2, -0.15) is 0 Å². The predicted molar refractivity (Wildman–Crippen MR) is 102 cm³/mol. The molecular formula is C19H15ClN4O2S. The summed E-state index contributed by atoms with van der Waals surface area (Å²) in [5.41, 5.74) is 2.44. The van der Waals surface area contributed by atoms with E-state index >= 15 is 0 Å². The van der Waals surface area contributed by atoms with Gasteiger partial charge in [0.05, 0.1) is 17.1 Å². The first kappa shape index (κ1) is 17.8. The Morgan fingerprint density at radius 2 is 1.93 bits per heavy atom. The van der Waals surface area contributed by atoms with Crippen LogP contribution in [-0.4, -0.2) is 22.2 Å². The molecule has 1 aliphatic rings. The van der Waals surface area contributed by atoms with Crippen molar-refractivity contribution in [1.82, 2.24) is 10.1 Å². The molecule has 0 aliphatic carbocycles. The molecule has 6 nitrogen and oxygen atoms in total. The molecule has 136 valence electrons. The number of carbonyl (C=O) groups excluding carboxylic acids is 1. The summed E-state index contributed by atoms with van der Waals surface area (Å²) in [6.45, 7) is 1.50. The van der Waals surface area contributed by atoms with Crippen LogP contribution in [-0.2, 0) is 4.79 Å². The van der Waals surface area contributed by atoms with Crippen LogP contribution in [0.25, 0.3) is 11.3 Å². The minimum absolute atomic E-state index is 0.155. The maximum absolute atomic E-state index is 12.8. The van der Waals surface area contributed by atoms with Crippen molar-refractivity contribution < 1.29 is 14.6 Å². The average Bonchev–Trinajstić information content (AvgIpc) is 2.67. The van der Waals surface area contributed by atoms with E-state index in [9.17, 15) is 9.90 Å². The van der Waals surface area contributed by atoms with Crippen LogP contribution in [0, 0.1) is 0 Å². The summed E-state index contributed by atoms with van der Waals surface area (Å²) < 4.78 is 1.59. The molecule has 1 amide bonds. The Labute approximate surface area is 165 Å². The lowest BCUT2D eigenvalue weighted by molar-refractivity contribution is -0.764. The molecule has 2 heterocycles. The van der Waals surface area contributed by atoms with E-state index in [-0.39, 0.29) is 11.8 Å². The fourth-order valence-electron chi connectivity index (χ4n) is 3.30. The molecule has 0 N–H and O–H groups in total. The van der Waals surface area contributed by atoms with Crippen LogP contribution >= 0.6 is 23.4 Å². The third-order valence-corrected chi connectivity index (χ3v) is 5.20. The van der Waals surface area contributed by atoms with E-state index in [2.05, 4.69) is 10.1 Å². The van der Waals surface area contributed by atoms with Gasteiger partial charge < -0.3 is 5.11 Å². The molecule has 8 heteroatoms. The van der Waals surface area contributed by atoms with E-state index in [1.54, 1.807) is 34.0 Å². The Morgan fingerprint density at radius 3 is 2.59 bits per heavy atom. The second-order valence-electron chi connectivity index (χ2n) is 6.03. The Kier molecular flexibility index (Phi) is 4.49. The van der Waals surface area contributed by atoms with Crippen molar-refractivity contribution in [3.05, 3.63) is 59.1 Å². The smallest absolute Gasteiger partial charge is 0.293 e. The Hall–Kier alpha value is -2.64. The third kappa shape index (κ3) is 2.93. The summed E-state index contributed by atoms with van der Waals surface area (Å²) in [6, 6.07) is 14.5. The van der Waals surface area contributed by atoms with E-state index in [0.717, 1.165) is 5.56 Å². The molecule has 4 rings (SSSR count). The molecule has 2 aromatic carbocycles. The molecule has 3 aromatic rings. The van der Waals surface area contributed by atoms with Crippen LogP contribution in [0.1, 0.15) is 18.7 Å². The number of amides is 1. The molecule has 1 aromatic heterocycles. The molecular weight excluding hydrogens is 384 g/mol. The highest BCUT2D eigenvalue weighted by molar-refractivity contribution is 7.98. The summed E-state index contributed by atoms with van der Waals surface area (Å²) in [5, 5.41) is 18.3. The standard InChI is InChI=1S/C19H15ClN4O2S/c1-11(25)23-15-6-4-3-5-14(15)16-17(26)21-19(27-2)22-24(16)18(23)12-7-9-13(20)10-8-12/h3-10,18H,1-2H3. The number of benzene rings is 2. The fourth-order valence-corrected chi connectivity index (χ4v) is 3.77. The van der Waals surface area contributed by atoms with Crippen LogP contribution in [0.15, 0.2) is 53.7 Å². The number of fused-ring (bicyclic) bond motifs is 3. The zero-order chi connectivity index (χ0) is 19.1. The number of carbonyl (C=O) groups is 1. The molecule has 0 saturated heterocycles. The van der Waals surface area contributed by atoms with E-state index in [1.165, 1.54) is 18.7 Å². The van der Waals surface area contributed by atoms with Crippen LogP contribution < -0.4 is 14.7 Å². The fraction of sp³-hybridized carbons (Fsp3) is 0.158. The maximum atomic E-state index is 12.8. The topological polar surface area (TPSA) is 73.0 Å². The normalized spacial score (nSPS) is 15.2. The van der Waals surface area contributed by atoms with Gasteiger partial charge in [-0.05, 0) is 42.7 Å². The third-order valence-electron chi connectivity index (χ3n) is 4.41. The first-order valence-corrected chi connectivity index (χ1v) is 9.81. The number of halogens is 1. The summed E-state index contributed by atoms with van der Waals surface area (Å²) >= 11 is 7.32. The number of nitrogens with zero attached hydrogens (tertiary/aromatic N) is 4. The van der Waals surface area contributed by atoms with E-state index in [1.807, 2.05) is 30.3 Å². The monoisotopic (exact) mass is 398 g/mol. The minimum Gasteiger partial charge on any atom is -0.854 e. The maximum Gasteiger partial charge on any atom is 0.293 e. The predicted octanol–water partition coefficient (Wildman–Crippen LogP) is 2.79. The molecule has 0 spiro atoms. The van der Waals surface area contributed by atoms with Gasteiger partial charge in [-0.25, -0.2) is 9.88 Å². The van der Waals surface area contributed by atoms with Gasteiger partial charge >= 0.3 is 0 Å². The number of para-hydroxylation sites is 1. The molecule has 0 bridgehead atoms. The van der Waals surface area contributed by atoms with E-state index in [0.29, 0.717) is 27.1 Å². The van der Waals surface area contributed by atoms with Crippen molar-refractivity contribution >= 4 is 35.0 Å². The van der Waals surface area contributed by atoms with Crippen molar-refractivity contribution in [2.45, 2.75) is 18.2 Å². The molecule has 0 saturated carbocycles. The number of hydrogen-bond acceptors (Lipinski definition) is 5. The number of rotatable bonds is 2. The van der Waals surface area contributed by atoms with E-state index < -0.39 is 6.17 Å². The van der Waals surface area contributed by atoms with Crippen LogP contribution in [0.3, 0.4) is 0 Å². The zero-order valence-corrected chi connectivity index (χ0v) is 16.2. The number of anilines is 1. The lowest BCUT2D eigenvalue weighted by atomic mass is 10.0. The average molecular weight is 399 g/mol. The van der Waals surface area contributed by atoms with Crippen molar-refractivity contribution in [3.63, 3.8) is 0 Å². The number of hydrogen-bond donors (Lipinski definition) is 0. The van der Waals surface area contributed by atoms with Gasteiger partial charge in [-0.3, -0.25) is 4.79 Å². The van der Waals surface area contributed by atoms with Crippen LogP contribution in [0.2, 0.25) is 5.02 Å². The minimum atomic E-state index is -0.605. The van der Waals surface area contributed by atoms with Crippen molar-refractivity contribution in [2.24, 2.45) is 0 Å². The molecule has 0 radical (unpaired) electrons. The lowest BCUT2D eigenvalue weighted by Crippen LogP contribution is -2.58. The SMILES string of the molecule is CSc1nc([O-])c2[n+](n1)C(c1ccc(Cl)cc1)N(C(C)=O)c1ccccc1-2. The molecule has 1 aliphatic heterocycles. The first-order valence-electron chi connectivity index (χ1n) is 8.21. The van der Waals surface area contributed by atoms with Crippen molar-refractivity contribution in [3.8, 4) is 17.1 Å². The molecule has 0 fully saturated rings. The summed E-state index contributed by atoms with van der Waals surface area (Å²) in [4.78, 5) is 18.3. The van der Waals surface area contributed by atoms with Crippen molar-refractivity contribution in [2.75, 3.05) is 11.2 Å². The highest BCUT2D eigenvalue weighted by Gasteiger charge is 2.43. The highest BCUT2D eigenvalue weighted by Crippen LogP contribution is 2.40. The molecule has 1 unspecified atom stereocenters. The zero-order valence-electron chi connectivity index (χ0n) is 14.6. The van der Waals surface area contributed by atoms with Gasteiger partial charge in [0.25, 0.3) is 17.0 Å². The Balaban J connectivity index is 2.07. The van der Waals surface area contributed by atoms with Crippen LogP contribution in [0.4, 0.5) is 5.69 Å². The molecule has 1 atom stereocenters. The lowest BCUT2D eigenvalue weighted by Gasteiger charge is -2.32. The summed E-state index contributed by atoms with van der Waals surface area (Å²) in [7, 11) is 0. The van der Waals surface area contributed by atoms with Crippen LogP contribution in [0.5, 0.6) is 5.88 Å². The largest absolute Gasteiger partial charge is 0.854 e. The summed E-state index contributed by atoms with van der Waals surface area (Å²) in [6.07, 6.45) is 1.20. The second kappa shape index (κ2) is 6.83. The van der Waals surface area contributed by atoms with E-state index in [4.69, 9.17) is 11.6 Å². The van der Waals surface area contributed by atoms with Gasteiger partial charge in [0, 0.05) is 22.6 Å². The van der Waals surface area contributed by atoms with Gasteiger partial charge in [0.15, 0.2) is 0 Å². The highest BCUT2D eigenvalue weighted by atomic mass is 35.5. The van der Waals surface area contributed by atoms with Gasteiger partial charge in [0.2, 0.25) is 5.91 Å². The Morgan fingerprint density at radius 1 is 1.22 bits per heavy atom.